The van der Waals surface area contributed by atoms with E-state index >= 15 is 0 Å². The number of hydrogen-bond acceptors (Lipinski definition) is 8. The smallest absolute Gasteiger partial charge is 0.247 e. The van der Waals surface area contributed by atoms with Gasteiger partial charge in [0.05, 0.1) is 10.7 Å². The second-order valence-electron chi connectivity index (χ2n) is 5.79. The van der Waals surface area contributed by atoms with Crippen LogP contribution in [0.15, 0.2) is 47.4 Å². The summed E-state index contributed by atoms with van der Waals surface area (Å²) < 4.78 is 45.4. The summed E-state index contributed by atoms with van der Waals surface area (Å²) in [5.41, 5.74) is 0.705. The van der Waals surface area contributed by atoms with E-state index in [9.17, 15) is 18.1 Å². The van der Waals surface area contributed by atoms with E-state index in [1.807, 2.05) is 18.2 Å². The molecule has 1 heterocycles. The molecule has 148 valence electrons. The van der Waals surface area contributed by atoms with E-state index in [0.29, 0.717) is 5.69 Å². The molecule has 28 heavy (non-hydrogen) atoms. The third-order valence-electron chi connectivity index (χ3n) is 3.67. The van der Waals surface area contributed by atoms with Gasteiger partial charge in [0.25, 0.3) is 0 Å². The third-order valence-corrected chi connectivity index (χ3v) is 6.67. The predicted molar refractivity (Wildman–Crippen MR) is 108 cm³/mol. The molecule has 2 aromatic carbocycles. The number of nitrogens with zero attached hydrogens (tertiary/aromatic N) is 3. The van der Waals surface area contributed by atoms with Crippen LogP contribution in [0.2, 0.25) is 5.02 Å². The first-order valence-corrected chi connectivity index (χ1v) is 10.7. The lowest BCUT2D eigenvalue weighted by molar-refractivity contribution is 0.455. The number of para-hydroxylation sites is 1. The van der Waals surface area contributed by atoms with Gasteiger partial charge in [-0.05, 0) is 24.3 Å². The molecule has 0 spiro atoms. The van der Waals surface area contributed by atoms with E-state index in [-0.39, 0.29) is 22.3 Å². The van der Waals surface area contributed by atoms with Crippen molar-refractivity contribution >= 4 is 55.8 Å². The topological polar surface area (TPSA) is 131 Å². The number of phenols is 1. The van der Waals surface area contributed by atoms with Gasteiger partial charge >= 0.3 is 0 Å². The van der Waals surface area contributed by atoms with E-state index < -0.39 is 31.8 Å². The number of sulfonamides is 1. The van der Waals surface area contributed by atoms with Crippen molar-refractivity contribution in [2.75, 3.05) is 24.7 Å². The molecule has 0 saturated carbocycles. The fraction of sp³-hybridized carbons (Fsp3) is 0.125. The molecular weight excluding hydrogens is 426 g/mol. The van der Waals surface area contributed by atoms with Crippen LogP contribution in [0.1, 0.15) is 0 Å². The average Bonchev–Trinajstić information content (AvgIpc) is 2.97. The van der Waals surface area contributed by atoms with E-state index in [4.69, 9.17) is 11.6 Å². The molecule has 0 fully saturated rings. The van der Waals surface area contributed by atoms with Gasteiger partial charge in [0.15, 0.2) is 16.9 Å². The summed E-state index contributed by atoms with van der Waals surface area (Å²) in [6, 6.07) is 11.7. The molecule has 3 N–H and O–H groups in total. The molecule has 12 heteroatoms. The summed E-state index contributed by atoms with van der Waals surface area (Å²) >= 11 is 4.14. The van der Waals surface area contributed by atoms with Crippen LogP contribution in [-0.2, 0) is 10.0 Å². The molecule has 0 radical (unpaired) electrons. The fourth-order valence-corrected chi connectivity index (χ4v) is 4.38. The molecule has 0 aliphatic heterocycles. The molecule has 0 saturated heterocycles. The Hall–Kier alpha value is -2.44. The highest BCUT2D eigenvalue weighted by Crippen LogP contribution is 2.40. The number of rotatable bonds is 6. The molecule has 3 aromatic rings. The highest BCUT2D eigenvalue weighted by Gasteiger charge is 2.28. The van der Waals surface area contributed by atoms with Crippen LogP contribution in [0.4, 0.5) is 23.0 Å². The second-order valence-corrected chi connectivity index (χ2v) is 9.11. The first-order valence-electron chi connectivity index (χ1n) is 7.83. The summed E-state index contributed by atoms with van der Waals surface area (Å²) in [6.07, 6.45) is 0. The summed E-state index contributed by atoms with van der Waals surface area (Å²) in [5.74, 6) is -0.329. The molecule has 3 rings (SSSR count). The number of benzene rings is 2. The van der Waals surface area contributed by atoms with Gasteiger partial charge in [-0.1, -0.05) is 29.8 Å². The number of aromatic hydroxyl groups is 1. The van der Waals surface area contributed by atoms with Crippen molar-refractivity contribution in [3.63, 3.8) is 0 Å². The molecular formula is C16H16ClN5O4S2. The maximum absolute atomic E-state index is 12.5. The van der Waals surface area contributed by atoms with Gasteiger partial charge in [0.1, 0.15) is 4.90 Å². The molecule has 0 bridgehead atoms. The zero-order valence-corrected chi connectivity index (χ0v) is 17.1. The SMILES string of the molecule is CN(C)S(=O)(=O)c1c(Cl)ccc(Nc2n[s+]([O-])nc2Nc2ccccc2)c1O. The fourth-order valence-electron chi connectivity index (χ4n) is 2.29. The zero-order valence-electron chi connectivity index (χ0n) is 14.7. The number of anilines is 4. The van der Waals surface area contributed by atoms with Gasteiger partial charge in [-0.25, -0.2) is 12.7 Å². The van der Waals surface area contributed by atoms with Crippen molar-refractivity contribution in [2.45, 2.75) is 4.90 Å². The largest absolute Gasteiger partial charge is 0.546 e. The van der Waals surface area contributed by atoms with Crippen LogP contribution in [0, 0.1) is 0 Å². The van der Waals surface area contributed by atoms with E-state index in [1.165, 1.54) is 26.2 Å². The van der Waals surface area contributed by atoms with Gasteiger partial charge in [-0.3, -0.25) is 0 Å². The Morgan fingerprint density at radius 1 is 1.07 bits per heavy atom. The normalized spacial score (nSPS) is 12.2. The van der Waals surface area contributed by atoms with Gasteiger partial charge < -0.3 is 20.3 Å². The number of nitrogens with one attached hydrogen (secondary N) is 2. The van der Waals surface area contributed by atoms with Crippen LogP contribution in [-0.4, -0.2) is 45.2 Å². The lowest BCUT2D eigenvalue weighted by Crippen LogP contribution is -2.22. The Kier molecular flexibility index (Phi) is 5.72. The molecule has 1 aromatic heterocycles. The number of aromatic nitrogens is 2. The monoisotopic (exact) mass is 441 g/mol. The zero-order chi connectivity index (χ0) is 20.5. The van der Waals surface area contributed by atoms with Crippen LogP contribution in [0.25, 0.3) is 0 Å². The highest BCUT2D eigenvalue weighted by molar-refractivity contribution is 7.89. The van der Waals surface area contributed by atoms with Crippen molar-refractivity contribution in [1.82, 2.24) is 13.1 Å². The Bertz CT molecular complexity index is 1100. The Morgan fingerprint density at radius 3 is 2.29 bits per heavy atom. The van der Waals surface area contributed by atoms with Crippen molar-refractivity contribution in [1.29, 1.82) is 0 Å². The summed E-state index contributed by atoms with van der Waals surface area (Å²) in [5, 5.41) is 16.1. The van der Waals surface area contributed by atoms with Crippen molar-refractivity contribution in [2.24, 2.45) is 0 Å². The van der Waals surface area contributed by atoms with Gasteiger partial charge in [-0.2, -0.15) is 0 Å². The first-order chi connectivity index (χ1) is 13.2. The maximum atomic E-state index is 12.5. The lowest BCUT2D eigenvalue weighted by atomic mass is 10.3. The lowest BCUT2D eigenvalue weighted by Gasteiger charge is -2.16. The molecule has 1 atom stereocenters. The minimum Gasteiger partial charge on any atom is -0.546 e. The van der Waals surface area contributed by atoms with Crippen molar-refractivity contribution < 1.29 is 18.1 Å². The molecule has 0 aliphatic rings. The molecule has 0 aliphatic carbocycles. The van der Waals surface area contributed by atoms with Crippen LogP contribution < -0.4 is 10.6 Å². The molecule has 0 amide bonds. The Labute approximate surface area is 169 Å². The Morgan fingerprint density at radius 2 is 1.68 bits per heavy atom. The molecule has 1 unspecified atom stereocenters. The summed E-state index contributed by atoms with van der Waals surface area (Å²) in [7, 11) is -1.35. The average molecular weight is 442 g/mol. The van der Waals surface area contributed by atoms with Crippen LogP contribution >= 0.6 is 22.7 Å². The molecule has 9 nitrogen and oxygen atoms in total. The Balaban J connectivity index is 2.00. The summed E-state index contributed by atoms with van der Waals surface area (Å²) in [4.78, 5) is -0.446. The van der Waals surface area contributed by atoms with E-state index in [0.717, 1.165) is 4.31 Å². The standard InChI is InChI=1S/C16H16ClN5O4S2/c1-22(2)28(25,26)14-11(17)8-9-12(13(14)23)19-16-15(20-27(24)21-16)18-10-6-4-3-5-7-10/h3-9,23H,1-2H3,(H,18,20)(H,19,21). The number of hydrogen-bond donors (Lipinski definition) is 3. The van der Waals surface area contributed by atoms with Crippen LogP contribution in [0.3, 0.4) is 0 Å². The third kappa shape index (κ3) is 4.03. The van der Waals surface area contributed by atoms with Gasteiger partial charge in [-0.15, -0.1) is 0 Å². The number of halogens is 1. The van der Waals surface area contributed by atoms with E-state index in [2.05, 4.69) is 19.4 Å². The van der Waals surface area contributed by atoms with Gasteiger partial charge in [0, 0.05) is 28.5 Å². The van der Waals surface area contributed by atoms with E-state index in [1.54, 1.807) is 12.1 Å². The minimum atomic E-state index is -4.00. The second kappa shape index (κ2) is 7.89. The van der Waals surface area contributed by atoms with Crippen LogP contribution in [0.5, 0.6) is 5.75 Å². The predicted octanol–water partition coefficient (Wildman–Crippen LogP) is 3.30. The quantitative estimate of drug-likeness (QED) is 0.392. The minimum absolute atomic E-state index is 0.0186. The highest BCUT2D eigenvalue weighted by atomic mass is 35.5. The number of phenolic OH excluding ortho intramolecular Hbond substituents is 1. The van der Waals surface area contributed by atoms with Gasteiger partial charge in [0.2, 0.25) is 21.7 Å². The first kappa shape index (κ1) is 20.3. The summed E-state index contributed by atoms with van der Waals surface area (Å²) in [6.45, 7) is 0. The van der Waals surface area contributed by atoms with Crippen molar-refractivity contribution in [3.8, 4) is 5.75 Å². The van der Waals surface area contributed by atoms with Crippen molar-refractivity contribution in [3.05, 3.63) is 47.5 Å². The maximum Gasteiger partial charge on any atom is 0.247 e.